The molecule has 0 bridgehead atoms. The van der Waals surface area contributed by atoms with Crippen molar-refractivity contribution in [1.82, 2.24) is 0 Å². The summed E-state index contributed by atoms with van der Waals surface area (Å²) in [5, 5.41) is 10.2. The molecule has 3 atom stereocenters. The van der Waals surface area contributed by atoms with Crippen LogP contribution in [0.1, 0.15) is 58.3 Å². The monoisotopic (exact) mass is 254 g/mol. The van der Waals surface area contributed by atoms with Gasteiger partial charge in [0.05, 0.1) is 12.7 Å². The highest BCUT2D eigenvalue weighted by atomic mass is 16.5. The minimum atomic E-state index is -0.187. The van der Waals surface area contributed by atoms with Crippen molar-refractivity contribution < 1.29 is 14.6 Å². The molecule has 0 aromatic rings. The number of ether oxygens (including phenoxy) is 1. The molecule has 0 spiro atoms. The lowest BCUT2D eigenvalue weighted by atomic mass is 9.74. The fraction of sp³-hybridized carbons (Fsp3) is 0.933. The number of rotatable bonds is 4. The molecular formula is C15H26O3. The molecular weight excluding hydrogens is 228 g/mol. The molecule has 0 radical (unpaired) electrons. The Morgan fingerprint density at radius 3 is 2.56 bits per heavy atom. The summed E-state index contributed by atoms with van der Waals surface area (Å²) in [6, 6.07) is 0. The molecule has 1 N–H and O–H groups in total. The smallest absolute Gasteiger partial charge is 0.306 e. The number of hydrogen-bond donors (Lipinski definition) is 1. The molecule has 0 aromatic heterocycles. The summed E-state index contributed by atoms with van der Waals surface area (Å²) in [6.45, 7) is 2.31. The number of carbonyl (C=O) groups is 1. The zero-order chi connectivity index (χ0) is 13.0. The lowest BCUT2D eigenvalue weighted by Gasteiger charge is -2.33. The van der Waals surface area contributed by atoms with E-state index in [4.69, 9.17) is 4.74 Å². The van der Waals surface area contributed by atoms with Gasteiger partial charge in [0, 0.05) is 6.42 Å². The Kier molecular flexibility index (Phi) is 5.04. The van der Waals surface area contributed by atoms with Crippen molar-refractivity contribution in [3.63, 3.8) is 0 Å². The van der Waals surface area contributed by atoms with Gasteiger partial charge in [-0.25, -0.2) is 0 Å². The average molecular weight is 254 g/mol. The first kappa shape index (κ1) is 13.9. The van der Waals surface area contributed by atoms with Crippen LogP contribution in [0.15, 0.2) is 0 Å². The third-order valence-corrected chi connectivity index (χ3v) is 4.75. The van der Waals surface area contributed by atoms with E-state index in [0.717, 1.165) is 12.8 Å². The van der Waals surface area contributed by atoms with Gasteiger partial charge in [-0.1, -0.05) is 32.1 Å². The first-order chi connectivity index (χ1) is 8.72. The van der Waals surface area contributed by atoms with E-state index in [1.54, 1.807) is 0 Å². The first-order valence-corrected chi connectivity index (χ1v) is 7.56. The molecule has 0 amide bonds. The molecule has 104 valence electrons. The van der Waals surface area contributed by atoms with Gasteiger partial charge in [-0.3, -0.25) is 4.79 Å². The highest BCUT2D eigenvalue weighted by molar-refractivity contribution is 5.69. The Balaban J connectivity index is 1.93. The van der Waals surface area contributed by atoms with Crippen LogP contribution in [0.4, 0.5) is 0 Å². The summed E-state index contributed by atoms with van der Waals surface area (Å²) in [7, 11) is 0. The second-order valence-electron chi connectivity index (χ2n) is 5.89. The van der Waals surface area contributed by atoms with E-state index in [2.05, 4.69) is 0 Å². The SMILES string of the molecule is CCOC(=O)CC1CCC(O)C1C1CCCCC1. The van der Waals surface area contributed by atoms with Gasteiger partial charge in [0.1, 0.15) is 0 Å². The largest absolute Gasteiger partial charge is 0.466 e. The van der Waals surface area contributed by atoms with Gasteiger partial charge >= 0.3 is 5.97 Å². The van der Waals surface area contributed by atoms with E-state index in [1.807, 2.05) is 6.92 Å². The lowest BCUT2D eigenvalue weighted by Crippen LogP contribution is -2.30. The summed E-state index contributed by atoms with van der Waals surface area (Å²) in [6.07, 6.45) is 8.56. The second-order valence-corrected chi connectivity index (χ2v) is 5.89. The van der Waals surface area contributed by atoms with Gasteiger partial charge < -0.3 is 9.84 Å². The normalized spacial score (nSPS) is 33.6. The number of carbonyl (C=O) groups excluding carboxylic acids is 1. The number of aliphatic hydroxyl groups is 1. The Labute approximate surface area is 110 Å². The van der Waals surface area contributed by atoms with Gasteiger partial charge in [0.15, 0.2) is 0 Å². The van der Waals surface area contributed by atoms with Crippen LogP contribution in [-0.4, -0.2) is 23.8 Å². The quantitative estimate of drug-likeness (QED) is 0.785. The van der Waals surface area contributed by atoms with Gasteiger partial charge in [-0.2, -0.15) is 0 Å². The summed E-state index contributed by atoms with van der Waals surface area (Å²) >= 11 is 0. The van der Waals surface area contributed by atoms with Crippen LogP contribution in [0.3, 0.4) is 0 Å². The minimum Gasteiger partial charge on any atom is -0.466 e. The molecule has 0 aliphatic heterocycles. The Bertz CT molecular complexity index is 271. The molecule has 0 heterocycles. The standard InChI is InChI=1S/C15H26O3/c1-2-18-14(17)10-12-8-9-13(16)15(12)11-6-4-3-5-7-11/h11-13,15-16H,2-10H2,1H3. The van der Waals surface area contributed by atoms with Crippen LogP contribution in [0.2, 0.25) is 0 Å². The van der Waals surface area contributed by atoms with E-state index in [-0.39, 0.29) is 12.1 Å². The van der Waals surface area contributed by atoms with E-state index in [0.29, 0.717) is 30.8 Å². The molecule has 3 heteroatoms. The predicted octanol–water partition coefficient (Wildman–Crippen LogP) is 2.91. The van der Waals surface area contributed by atoms with Crippen molar-refractivity contribution in [2.75, 3.05) is 6.61 Å². The molecule has 2 aliphatic carbocycles. The maximum atomic E-state index is 11.6. The number of esters is 1. The van der Waals surface area contributed by atoms with Crippen molar-refractivity contribution in [3.8, 4) is 0 Å². The van der Waals surface area contributed by atoms with Gasteiger partial charge in [0.2, 0.25) is 0 Å². The Morgan fingerprint density at radius 2 is 1.89 bits per heavy atom. The lowest BCUT2D eigenvalue weighted by molar-refractivity contribution is -0.144. The summed E-state index contributed by atoms with van der Waals surface area (Å²) in [4.78, 5) is 11.6. The van der Waals surface area contributed by atoms with Crippen LogP contribution >= 0.6 is 0 Å². The van der Waals surface area contributed by atoms with Crippen molar-refractivity contribution in [2.45, 2.75) is 64.4 Å². The van der Waals surface area contributed by atoms with Gasteiger partial charge in [-0.05, 0) is 37.5 Å². The zero-order valence-electron chi connectivity index (χ0n) is 11.4. The fourth-order valence-corrected chi connectivity index (χ4v) is 3.97. The fourth-order valence-electron chi connectivity index (χ4n) is 3.97. The maximum Gasteiger partial charge on any atom is 0.306 e. The van der Waals surface area contributed by atoms with Gasteiger partial charge in [0.25, 0.3) is 0 Å². The van der Waals surface area contributed by atoms with Crippen LogP contribution in [0.25, 0.3) is 0 Å². The van der Waals surface area contributed by atoms with Crippen molar-refractivity contribution in [1.29, 1.82) is 0 Å². The van der Waals surface area contributed by atoms with Gasteiger partial charge in [-0.15, -0.1) is 0 Å². The van der Waals surface area contributed by atoms with E-state index in [1.165, 1.54) is 32.1 Å². The van der Waals surface area contributed by atoms with Crippen LogP contribution in [0.5, 0.6) is 0 Å². The Morgan fingerprint density at radius 1 is 1.17 bits per heavy atom. The van der Waals surface area contributed by atoms with E-state index >= 15 is 0 Å². The topological polar surface area (TPSA) is 46.5 Å². The molecule has 3 nitrogen and oxygen atoms in total. The molecule has 2 aliphatic rings. The first-order valence-electron chi connectivity index (χ1n) is 7.56. The van der Waals surface area contributed by atoms with Crippen LogP contribution in [0, 0.1) is 17.8 Å². The Hall–Kier alpha value is -0.570. The molecule has 0 saturated heterocycles. The summed E-state index contributed by atoms with van der Waals surface area (Å²) in [5.41, 5.74) is 0. The van der Waals surface area contributed by atoms with Crippen LogP contribution < -0.4 is 0 Å². The molecule has 18 heavy (non-hydrogen) atoms. The number of hydrogen-bond acceptors (Lipinski definition) is 3. The minimum absolute atomic E-state index is 0.0857. The number of aliphatic hydroxyl groups excluding tert-OH is 1. The van der Waals surface area contributed by atoms with E-state index in [9.17, 15) is 9.90 Å². The highest BCUT2D eigenvalue weighted by Gasteiger charge is 2.41. The average Bonchev–Trinajstić information content (AvgIpc) is 2.72. The van der Waals surface area contributed by atoms with Crippen LogP contribution in [-0.2, 0) is 9.53 Å². The summed E-state index contributed by atoms with van der Waals surface area (Å²) < 4.78 is 5.05. The summed E-state index contributed by atoms with van der Waals surface area (Å²) in [5.74, 6) is 1.24. The van der Waals surface area contributed by atoms with Crippen molar-refractivity contribution in [3.05, 3.63) is 0 Å². The predicted molar refractivity (Wildman–Crippen MR) is 70.0 cm³/mol. The molecule has 2 rings (SSSR count). The zero-order valence-corrected chi connectivity index (χ0v) is 11.4. The molecule has 3 unspecified atom stereocenters. The van der Waals surface area contributed by atoms with E-state index < -0.39 is 0 Å². The van der Waals surface area contributed by atoms with Crippen molar-refractivity contribution >= 4 is 5.97 Å². The third kappa shape index (κ3) is 3.25. The second kappa shape index (κ2) is 6.55. The third-order valence-electron chi connectivity index (χ3n) is 4.75. The van der Waals surface area contributed by atoms with Crippen molar-refractivity contribution in [2.24, 2.45) is 17.8 Å². The molecule has 2 saturated carbocycles. The molecule has 0 aromatic carbocycles. The highest BCUT2D eigenvalue weighted by Crippen LogP contribution is 2.44. The maximum absolute atomic E-state index is 11.6. The molecule has 2 fully saturated rings.